The Labute approximate surface area is 77.3 Å². The van der Waals surface area contributed by atoms with Gasteiger partial charge >= 0.3 is 0 Å². The predicted molar refractivity (Wildman–Crippen MR) is 48.6 cm³/mol. The molecule has 0 heterocycles. The van der Waals surface area contributed by atoms with Crippen molar-refractivity contribution in [2.75, 3.05) is 6.61 Å². The average Bonchev–Trinajstić information content (AvgIpc) is 2.88. The number of rotatable bonds is 5. The molecule has 0 spiro atoms. The predicted octanol–water partition coefficient (Wildman–Crippen LogP) is -0.998. The summed E-state index contributed by atoms with van der Waals surface area (Å²) in [5.74, 6) is 0.710. The first-order valence-corrected chi connectivity index (χ1v) is 4.33. The molecule has 1 fully saturated rings. The summed E-state index contributed by atoms with van der Waals surface area (Å²) in [4.78, 5) is 10.9. The summed E-state index contributed by atoms with van der Waals surface area (Å²) < 4.78 is 5.29. The Morgan fingerprint density at radius 1 is 1.69 bits per heavy atom. The van der Waals surface area contributed by atoms with E-state index in [0.29, 0.717) is 18.3 Å². The first-order valence-electron chi connectivity index (χ1n) is 4.33. The summed E-state index contributed by atoms with van der Waals surface area (Å²) in [6, 6.07) is 0. The first kappa shape index (κ1) is 9.77. The lowest BCUT2D eigenvalue weighted by Gasteiger charge is -2.04. The molecule has 4 N–H and O–H groups in total. The van der Waals surface area contributed by atoms with Crippen LogP contribution in [-0.2, 0) is 9.53 Å². The van der Waals surface area contributed by atoms with Crippen LogP contribution < -0.4 is 11.1 Å². The molecule has 1 aliphatic rings. The van der Waals surface area contributed by atoms with Crippen LogP contribution in [0.2, 0.25) is 0 Å². The molecule has 4 heteroatoms. The van der Waals surface area contributed by atoms with Crippen LogP contribution in [0.1, 0.15) is 19.8 Å². The third kappa shape index (κ3) is 2.89. The fourth-order valence-corrected chi connectivity index (χ4v) is 0.881. The second kappa shape index (κ2) is 4.07. The third-order valence-electron chi connectivity index (χ3n) is 1.97. The quantitative estimate of drug-likeness (QED) is 0.326. The monoisotopic (exact) mass is 183 g/mol. The van der Waals surface area contributed by atoms with Crippen LogP contribution in [0.25, 0.3) is 0 Å². The molecule has 0 radical (unpaired) electrons. The molecule has 0 aliphatic heterocycles. The second-order valence-electron chi connectivity index (χ2n) is 3.26. The molecule has 0 aromatic heterocycles. The van der Waals surface area contributed by atoms with Gasteiger partial charge in [-0.2, -0.15) is 0 Å². The molecule has 0 atom stereocenters. The van der Waals surface area contributed by atoms with Gasteiger partial charge in [0.25, 0.3) is 0 Å². The van der Waals surface area contributed by atoms with E-state index in [-0.39, 0.29) is 11.5 Å². The Morgan fingerprint density at radius 2 is 2.31 bits per heavy atom. The number of allylic oxidation sites excluding steroid dienone is 2. The van der Waals surface area contributed by atoms with Gasteiger partial charge in [-0.05, 0) is 18.8 Å². The van der Waals surface area contributed by atoms with Crippen molar-refractivity contribution in [3.63, 3.8) is 0 Å². The van der Waals surface area contributed by atoms with Gasteiger partial charge in [0.15, 0.2) is 5.78 Å². The molecule has 72 valence electrons. The van der Waals surface area contributed by atoms with Crippen molar-refractivity contribution < 1.29 is 14.9 Å². The van der Waals surface area contributed by atoms with Gasteiger partial charge in [0, 0.05) is 6.92 Å². The molecule has 1 aliphatic carbocycles. The van der Waals surface area contributed by atoms with Crippen molar-refractivity contribution in [3.8, 4) is 0 Å². The smallest absolute Gasteiger partial charge is 0.209 e. The van der Waals surface area contributed by atoms with Crippen LogP contribution in [-0.4, -0.2) is 18.6 Å². The first-order chi connectivity index (χ1) is 6.15. The topological polar surface area (TPSA) is 77.9 Å². The Morgan fingerprint density at radius 3 is 2.69 bits per heavy atom. The van der Waals surface area contributed by atoms with Crippen LogP contribution in [0.5, 0.6) is 0 Å². The maximum atomic E-state index is 10.9. The molecule has 4 nitrogen and oxygen atoms in total. The largest absolute Gasteiger partial charge is 0.486 e. The number of ketones is 1. The molecule has 1 rings (SSSR count). The molecule has 0 amide bonds. The zero-order chi connectivity index (χ0) is 9.84. The molecule has 0 bridgehead atoms. The molecular weight excluding hydrogens is 168 g/mol. The zero-order valence-corrected chi connectivity index (χ0v) is 7.75. The number of ether oxygens (including phenoxy) is 1. The van der Waals surface area contributed by atoms with E-state index in [2.05, 4.69) is 0 Å². The van der Waals surface area contributed by atoms with Crippen LogP contribution in [0.3, 0.4) is 0 Å². The van der Waals surface area contributed by atoms with Crippen molar-refractivity contribution in [1.82, 2.24) is 0 Å². The SMILES string of the molecule is CC(=O)C(N)=C(C=[NH2+])OCC1CC1. The van der Waals surface area contributed by atoms with Gasteiger partial charge in [-0.25, -0.2) is 0 Å². The van der Waals surface area contributed by atoms with Gasteiger partial charge in [0.1, 0.15) is 5.70 Å². The Balaban J connectivity index is 2.52. The van der Waals surface area contributed by atoms with Gasteiger partial charge in [-0.1, -0.05) is 0 Å². The molecule has 0 aromatic rings. The maximum absolute atomic E-state index is 10.9. The van der Waals surface area contributed by atoms with Gasteiger partial charge in [0.2, 0.25) is 12.0 Å². The highest BCUT2D eigenvalue weighted by Crippen LogP contribution is 2.29. The molecule has 0 unspecified atom stereocenters. The van der Waals surface area contributed by atoms with Crippen molar-refractivity contribution >= 4 is 12.0 Å². The summed E-state index contributed by atoms with van der Waals surface area (Å²) in [5.41, 5.74) is 5.57. The van der Waals surface area contributed by atoms with Crippen LogP contribution in [0.15, 0.2) is 11.5 Å². The van der Waals surface area contributed by atoms with E-state index in [9.17, 15) is 4.79 Å². The van der Waals surface area contributed by atoms with Crippen LogP contribution >= 0.6 is 0 Å². The van der Waals surface area contributed by atoms with E-state index >= 15 is 0 Å². The molecule has 1 saturated carbocycles. The van der Waals surface area contributed by atoms with Gasteiger partial charge in [0.05, 0.1) is 6.61 Å². The molecule has 0 aromatic carbocycles. The lowest BCUT2D eigenvalue weighted by molar-refractivity contribution is -0.115. The van der Waals surface area contributed by atoms with E-state index in [1.807, 2.05) is 0 Å². The van der Waals surface area contributed by atoms with Crippen LogP contribution in [0, 0.1) is 5.92 Å². The number of Topliss-reactive ketones (excluding diaryl/α,β-unsaturated/α-hetero) is 1. The number of carbonyl (C=O) groups is 1. The minimum Gasteiger partial charge on any atom is -0.486 e. The van der Waals surface area contributed by atoms with Crippen molar-refractivity contribution in [3.05, 3.63) is 11.5 Å². The standard InChI is InChI=1S/C9H14N2O2/c1-6(12)9(11)8(4-10)13-5-7-2-3-7/h4,7,10H,2-3,5,11H2,1H3/p+1. The summed E-state index contributed by atoms with van der Waals surface area (Å²) in [6.07, 6.45) is 3.62. The summed E-state index contributed by atoms with van der Waals surface area (Å²) in [6.45, 7) is 2.00. The maximum Gasteiger partial charge on any atom is 0.209 e. The Bertz CT molecular complexity index is 254. The van der Waals surface area contributed by atoms with E-state index < -0.39 is 0 Å². The summed E-state index contributed by atoms with van der Waals surface area (Å²) >= 11 is 0. The fourth-order valence-electron chi connectivity index (χ4n) is 0.881. The number of nitrogens with two attached hydrogens (primary N) is 2. The summed E-state index contributed by atoms with van der Waals surface area (Å²) in [5, 5.41) is 5.28. The lowest BCUT2D eigenvalue weighted by Crippen LogP contribution is -2.33. The Kier molecular flexibility index (Phi) is 3.06. The minimum atomic E-state index is -0.215. The van der Waals surface area contributed by atoms with E-state index in [1.165, 1.54) is 26.0 Å². The summed E-state index contributed by atoms with van der Waals surface area (Å²) in [7, 11) is 0. The van der Waals surface area contributed by atoms with Crippen LogP contribution in [0.4, 0.5) is 0 Å². The molecule has 0 saturated heterocycles. The van der Waals surface area contributed by atoms with E-state index in [4.69, 9.17) is 15.9 Å². The lowest BCUT2D eigenvalue weighted by atomic mass is 10.3. The number of hydrogen-bond acceptors (Lipinski definition) is 3. The molecular formula is C9H15N2O2+. The number of carbonyl (C=O) groups excluding carboxylic acids is 1. The van der Waals surface area contributed by atoms with Crippen molar-refractivity contribution in [2.24, 2.45) is 11.7 Å². The highest BCUT2D eigenvalue weighted by molar-refractivity contribution is 5.97. The van der Waals surface area contributed by atoms with Crippen molar-refractivity contribution in [2.45, 2.75) is 19.8 Å². The van der Waals surface area contributed by atoms with Gasteiger partial charge < -0.3 is 10.5 Å². The fraction of sp³-hybridized carbons (Fsp3) is 0.556. The van der Waals surface area contributed by atoms with E-state index in [0.717, 1.165) is 0 Å². The number of hydrogen-bond donors (Lipinski definition) is 2. The van der Waals surface area contributed by atoms with E-state index in [1.54, 1.807) is 0 Å². The minimum absolute atomic E-state index is 0.100. The third-order valence-corrected chi connectivity index (χ3v) is 1.97. The average molecular weight is 183 g/mol. The zero-order valence-electron chi connectivity index (χ0n) is 7.75. The normalized spacial score (nSPS) is 17.6. The second-order valence-corrected chi connectivity index (χ2v) is 3.26. The van der Waals surface area contributed by atoms with Crippen molar-refractivity contribution in [1.29, 1.82) is 0 Å². The highest BCUT2D eigenvalue weighted by Gasteiger charge is 2.23. The van der Waals surface area contributed by atoms with Gasteiger partial charge in [-0.15, -0.1) is 0 Å². The molecule has 13 heavy (non-hydrogen) atoms. The highest BCUT2D eigenvalue weighted by atomic mass is 16.5. The Hall–Kier alpha value is -1.32. The van der Waals surface area contributed by atoms with Gasteiger partial charge in [-0.3, -0.25) is 10.2 Å².